The number of aromatic nitrogens is 4. The molecule has 2 N–H and O–H groups in total. The molecule has 0 spiro atoms. The Morgan fingerprint density at radius 2 is 1.85 bits per heavy atom. The Balaban J connectivity index is 1.63. The van der Waals surface area contributed by atoms with E-state index < -0.39 is 11.2 Å². The van der Waals surface area contributed by atoms with E-state index in [0.29, 0.717) is 23.8 Å². The lowest BCUT2D eigenvalue weighted by molar-refractivity contribution is 0.301. The van der Waals surface area contributed by atoms with Gasteiger partial charge in [0, 0.05) is 7.05 Å². The van der Waals surface area contributed by atoms with Crippen molar-refractivity contribution in [3.8, 4) is 17.2 Å². The lowest BCUT2D eigenvalue weighted by Crippen LogP contribution is -2.29. The van der Waals surface area contributed by atoms with Crippen LogP contribution in [0.4, 0.5) is 5.95 Å². The SMILES string of the molecule is COc1ccc(/C=N/Nc2nc3c(c(=O)[nH]c(=O)n3C)n2CCOc2ccccc2)cc1OC. The smallest absolute Gasteiger partial charge is 0.329 e. The van der Waals surface area contributed by atoms with Crippen molar-refractivity contribution in [1.82, 2.24) is 19.1 Å². The summed E-state index contributed by atoms with van der Waals surface area (Å²) in [6.45, 7) is 0.562. The number of hydrogen-bond acceptors (Lipinski definition) is 8. The topological polar surface area (TPSA) is 125 Å². The third-order valence-corrected chi connectivity index (χ3v) is 5.12. The Kier molecular flexibility index (Phi) is 6.62. The number of H-pyrrole nitrogens is 1. The van der Waals surface area contributed by atoms with Crippen molar-refractivity contribution < 1.29 is 14.2 Å². The fraction of sp³-hybridized carbons (Fsp3) is 0.217. The van der Waals surface area contributed by atoms with E-state index in [4.69, 9.17) is 14.2 Å². The Morgan fingerprint density at radius 3 is 2.59 bits per heavy atom. The number of nitrogens with one attached hydrogen (secondary N) is 2. The summed E-state index contributed by atoms with van der Waals surface area (Å²) in [7, 11) is 4.65. The van der Waals surface area contributed by atoms with Crippen LogP contribution >= 0.6 is 0 Å². The zero-order chi connectivity index (χ0) is 24.1. The zero-order valence-corrected chi connectivity index (χ0v) is 18.9. The van der Waals surface area contributed by atoms with Crippen molar-refractivity contribution in [3.63, 3.8) is 0 Å². The van der Waals surface area contributed by atoms with Gasteiger partial charge >= 0.3 is 5.69 Å². The molecular formula is C23H24N6O5. The average Bonchev–Trinajstić information content (AvgIpc) is 3.22. The molecule has 2 aromatic heterocycles. The number of benzene rings is 2. The predicted molar refractivity (Wildman–Crippen MR) is 128 cm³/mol. The number of aryl methyl sites for hydroxylation is 1. The van der Waals surface area contributed by atoms with Gasteiger partial charge in [-0.25, -0.2) is 10.2 Å². The number of imidazole rings is 1. The first-order valence-corrected chi connectivity index (χ1v) is 10.4. The first kappa shape index (κ1) is 22.6. The van der Waals surface area contributed by atoms with Crippen molar-refractivity contribution >= 4 is 23.3 Å². The van der Waals surface area contributed by atoms with Crippen molar-refractivity contribution in [2.75, 3.05) is 26.3 Å². The maximum Gasteiger partial charge on any atom is 0.329 e. The predicted octanol–water partition coefficient (Wildman–Crippen LogP) is 1.97. The quantitative estimate of drug-likeness (QED) is 0.287. The van der Waals surface area contributed by atoms with Crippen LogP contribution in [0.5, 0.6) is 17.2 Å². The molecule has 0 saturated heterocycles. The molecule has 2 aromatic carbocycles. The molecule has 4 rings (SSSR count). The van der Waals surface area contributed by atoms with Crippen LogP contribution in [0.25, 0.3) is 11.2 Å². The van der Waals surface area contributed by atoms with Crippen molar-refractivity contribution in [1.29, 1.82) is 0 Å². The summed E-state index contributed by atoms with van der Waals surface area (Å²) >= 11 is 0. The van der Waals surface area contributed by atoms with Gasteiger partial charge in [0.05, 0.1) is 27.0 Å². The van der Waals surface area contributed by atoms with Crippen LogP contribution < -0.4 is 30.9 Å². The number of fused-ring (bicyclic) bond motifs is 1. The summed E-state index contributed by atoms with van der Waals surface area (Å²) in [5, 5.41) is 4.25. The van der Waals surface area contributed by atoms with Gasteiger partial charge in [-0.2, -0.15) is 10.1 Å². The minimum Gasteiger partial charge on any atom is -0.493 e. The number of hydrazone groups is 1. The molecule has 0 bridgehead atoms. The molecule has 0 amide bonds. The second-order valence-electron chi connectivity index (χ2n) is 7.22. The molecule has 0 aliphatic carbocycles. The molecule has 0 radical (unpaired) electrons. The van der Waals surface area contributed by atoms with E-state index in [1.165, 1.54) is 11.6 Å². The Morgan fingerprint density at radius 1 is 1.09 bits per heavy atom. The molecule has 4 aromatic rings. The van der Waals surface area contributed by atoms with E-state index in [1.54, 1.807) is 37.1 Å². The van der Waals surface area contributed by atoms with Gasteiger partial charge in [-0.1, -0.05) is 18.2 Å². The van der Waals surface area contributed by atoms with E-state index in [-0.39, 0.29) is 23.7 Å². The van der Waals surface area contributed by atoms with Crippen LogP contribution in [0.2, 0.25) is 0 Å². The highest BCUT2D eigenvalue weighted by Crippen LogP contribution is 2.27. The maximum absolute atomic E-state index is 12.6. The maximum atomic E-state index is 12.6. The normalized spacial score (nSPS) is 11.1. The molecule has 0 aliphatic rings. The van der Waals surface area contributed by atoms with Crippen molar-refractivity contribution in [2.45, 2.75) is 6.54 Å². The Bertz CT molecular complexity index is 1440. The van der Waals surface area contributed by atoms with Gasteiger partial charge in [0.25, 0.3) is 5.56 Å². The third-order valence-electron chi connectivity index (χ3n) is 5.12. The minimum atomic E-state index is -0.553. The van der Waals surface area contributed by atoms with Gasteiger partial charge in [0.1, 0.15) is 12.4 Å². The Hall–Kier alpha value is -4.54. The largest absolute Gasteiger partial charge is 0.493 e. The average molecular weight is 464 g/mol. The fourth-order valence-electron chi connectivity index (χ4n) is 3.41. The summed E-state index contributed by atoms with van der Waals surface area (Å²) in [5.74, 6) is 2.16. The van der Waals surface area contributed by atoms with Gasteiger partial charge < -0.3 is 14.2 Å². The fourth-order valence-corrected chi connectivity index (χ4v) is 3.41. The monoisotopic (exact) mass is 464 g/mol. The lowest BCUT2D eigenvalue weighted by atomic mass is 10.2. The van der Waals surface area contributed by atoms with Crippen molar-refractivity contribution in [3.05, 3.63) is 74.9 Å². The minimum absolute atomic E-state index is 0.234. The highest BCUT2D eigenvalue weighted by Gasteiger charge is 2.17. The number of aromatic amines is 1. The van der Waals surface area contributed by atoms with Crippen LogP contribution in [0, 0.1) is 0 Å². The summed E-state index contributed by atoms with van der Waals surface area (Å²) in [4.78, 5) is 31.4. The molecule has 11 heteroatoms. The molecular weight excluding hydrogens is 440 g/mol. The lowest BCUT2D eigenvalue weighted by Gasteiger charge is -2.10. The first-order valence-electron chi connectivity index (χ1n) is 10.4. The number of nitrogens with zero attached hydrogens (tertiary/aromatic N) is 4. The molecule has 176 valence electrons. The van der Waals surface area contributed by atoms with E-state index in [2.05, 4.69) is 20.5 Å². The molecule has 0 atom stereocenters. The third kappa shape index (κ3) is 4.63. The van der Waals surface area contributed by atoms with Gasteiger partial charge in [-0.05, 0) is 35.9 Å². The van der Waals surface area contributed by atoms with Crippen LogP contribution in [-0.4, -0.2) is 46.1 Å². The molecule has 0 aliphatic heterocycles. The van der Waals surface area contributed by atoms with E-state index >= 15 is 0 Å². The molecule has 0 unspecified atom stereocenters. The van der Waals surface area contributed by atoms with Gasteiger partial charge in [-0.3, -0.25) is 18.9 Å². The zero-order valence-electron chi connectivity index (χ0n) is 18.9. The van der Waals surface area contributed by atoms with Crippen LogP contribution in [0.3, 0.4) is 0 Å². The molecule has 0 saturated carbocycles. The van der Waals surface area contributed by atoms with Gasteiger partial charge in [0.2, 0.25) is 5.95 Å². The summed E-state index contributed by atoms with van der Waals surface area (Å²) in [6, 6.07) is 14.7. The number of hydrogen-bond donors (Lipinski definition) is 2. The van der Waals surface area contributed by atoms with Crippen molar-refractivity contribution in [2.24, 2.45) is 12.1 Å². The number of anilines is 1. The number of rotatable bonds is 9. The van der Waals surface area contributed by atoms with E-state index in [9.17, 15) is 9.59 Å². The summed E-state index contributed by atoms with van der Waals surface area (Å²) in [6.07, 6.45) is 1.58. The van der Waals surface area contributed by atoms with Crippen LogP contribution in [-0.2, 0) is 13.6 Å². The number of methoxy groups -OCH3 is 2. The van der Waals surface area contributed by atoms with E-state index in [1.807, 2.05) is 36.4 Å². The van der Waals surface area contributed by atoms with Gasteiger partial charge in [-0.15, -0.1) is 0 Å². The Labute approximate surface area is 194 Å². The summed E-state index contributed by atoms with van der Waals surface area (Å²) in [5.41, 5.74) is 3.00. The molecule has 0 fully saturated rings. The number of para-hydroxylation sites is 1. The van der Waals surface area contributed by atoms with Crippen LogP contribution in [0.15, 0.2) is 63.2 Å². The number of ether oxygens (including phenoxy) is 3. The van der Waals surface area contributed by atoms with Gasteiger partial charge in [0.15, 0.2) is 22.7 Å². The standard InChI is InChI=1S/C23H24N6O5/c1-28-20-19(21(30)26-23(28)31)29(11-12-34-16-7-5-4-6-8-16)22(25-20)27-24-14-15-9-10-17(32-2)18(13-15)33-3/h4-10,13-14H,11-12H2,1-3H3,(H,25,27)(H,26,30,31)/b24-14+. The van der Waals surface area contributed by atoms with Crippen LogP contribution in [0.1, 0.15) is 5.56 Å². The highest BCUT2D eigenvalue weighted by atomic mass is 16.5. The highest BCUT2D eigenvalue weighted by molar-refractivity contribution is 5.81. The van der Waals surface area contributed by atoms with E-state index in [0.717, 1.165) is 5.56 Å². The molecule has 34 heavy (non-hydrogen) atoms. The summed E-state index contributed by atoms with van der Waals surface area (Å²) < 4.78 is 19.2. The first-order chi connectivity index (χ1) is 16.5. The second-order valence-corrected chi connectivity index (χ2v) is 7.22. The molecule has 2 heterocycles. The second kappa shape index (κ2) is 9.94. The molecule has 11 nitrogen and oxygen atoms in total.